The van der Waals surface area contributed by atoms with Gasteiger partial charge in [0.1, 0.15) is 0 Å². The van der Waals surface area contributed by atoms with Gasteiger partial charge in [-0.25, -0.2) is 0 Å². The number of amides is 1. The van der Waals surface area contributed by atoms with Crippen molar-refractivity contribution in [3.8, 4) is 0 Å². The van der Waals surface area contributed by atoms with Gasteiger partial charge in [0, 0.05) is 18.9 Å². The molecule has 1 aliphatic rings. The maximum atomic E-state index is 11.6. The van der Waals surface area contributed by atoms with Gasteiger partial charge in [-0.15, -0.1) is 0 Å². The molecule has 104 valence electrons. The molecule has 1 fully saturated rings. The Morgan fingerprint density at radius 3 is 2.67 bits per heavy atom. The van der Waals surface area contributed by atoms with Crippen LogP contribution in [0.4, 0.5) is 0 Å². The summed E-state index contributed by atoms with van der Waals surface area (Å²) >= 11 is 0. The Morgan fingerprint density at radius 1 is 1.39 bits per heavy atom. The third kappa shape index (κ3) is 6.00. The molecule has 0 aromatic rings. The first-order valence-corrected chi connectivity index (χ1v) is 6.64. The lowest BCUT2D eigenvalue weighted by Gasteiger charge is -2.14. The Kier molecular flexibility index (Phi) is 6.12. The van der Waals surface area contributed by atoms with Gasteiger partial charge in [-0.2, -0.15) is 0 Å². The SMILES string of the molecule is CC(CCC(=O)O)NC(=O)CCC1CCC(C)O1. The molecule has 0 bridgehead atoms. The van der Waals surface area contributed by atoms with Crippen molar-refractivity contribution in [2.75, 3.05) is 0 Å². The molecule has 0 saturated carbocycles. The Hall–Kier alpha value is -1.10. The molecule has 1 aliphatic heterocycles. The van der Waals surface area contributed by atoms with Crippen LogP contribution in [0.5, 0.6) is 0 Å². The zero-order valence-electron chi connectivity index (χ0n) is 11.1. The van der Waals surface area contributed by atoms with Crippen molar-refractivity contribution in [3.05, 3.63) is 0 Å². The number of rotatable bonds is 7. The van der Waals surface area contributed by atoms with Gasteiger partial charge in [0.15, 0.2) is 0 Å². The van der Waals surface area contributed by atoms with Crippen LogP contribution in [-0.4, -0.2) is 35.2 Å². The molecule has 3 atom stereocenters. The Balaban J connectivity index is 2.11. The summed E-state index contributed by atoms with van der Waals surface area (Å²) in [5, 5.41) is 11.4. The molecule has 5 nitrogen and oxygen atoms in total. The molecule has 3 unspecified atom stereocenters. The summed E-state index contributed by atoms with van der Waals surface area (Å²) < 4.78 is 5.64. The predicted molar refractivity (Wildman–Crippen MR) is 67.3 cm³/mol. The van der Waals surface area contributed by atoms with Crippen molar-refractivity contribution in [1.29, 1.82) is 0 Å². The highest BCUT2D eigenvalue weighted by molar-refractivity contribution is 5.76. The number of carbonyl (C=O) groups excluding carboxylic acids is 1. The minimum Gasteiger partial charge on any atom is -0.481 e. The van der Waals surface area contributed by atoms with Gasteiger partial charge >= 0.3 is 5.97 Å². The topological polar surface area (TPSA) is 75.6 Å². The van der Waals surface area contributed by atoms with E-state index in [0.29, 0.717) is 18.9 Å². The lowest BCUT2D eigenvalue weighted by molar-refractivity contribution is -0.137. The van der Waals surface area contributed by atoms with Crippen molar-refractivity contribution in [2.45, 2.75) is 70.6 Å². The second-order valence-corrected chi connectivity index (χ2v) is 5.09. The fourth-order valence-electron chi connectivity index (χ4n) is 2.15. The minimum atomic E-state index is -0.829. The van der Waals surface area contributed by atoms with Crippen molar-refractivity contribution in [2.24, 2.45) is 0 Å². The molecule has 0 aromatic carbocycles. The smallest absolute Gasteiger partial charge is 0.303 e. The average Bonchev–Trinajstić information content (AvgIpc) is 2.70. The van der Waals surface area contributed by atoms with Gasteiger partial charge < -0.3 is 15.2 Å². The molecule has 0 aromatic heterocycles. The number of hydrogen-bond donors (Lipinski definition) is 2. The Morgan fingerprint density at radius 2 is 2.11 bits per heavy atom. The van der Waals surface area contributed by atoms with Crippen LogP contribution in [0.15, 0.2) is 0 Å². The number of aliphatic carboxylic acids is 1. The summed E-state index contributed by atoms with van der Waals surface area (Å²) in [6, 6.07) is -0.0861. The van der Waals surface area contributed by atoms with Crippen molar-refractivity contribution in [1.82, 2.24) is 5.32 Å². The van der Waals surface area contributed by atoms with Gasteiger partial charge in [0.25, 0.3) is 0 Å². The van der Waals surface area contributed by atoms with E-state index in [2.05, 4.69) is 5.32 Å². The van der Waals surface area contributed by atoms with E-state index in [9.17, 15) is 9.59 Å². The van der Waals surface area contributed by atoms with Gasteiger partial charge in [0.2, 0.25) is 5.91 Å². The first-order chi connectivity index (χ1) is 8.47. The largest absolute Gasteiger partial charge is 0.481 e. The first-order valence-electron chi connectivity index (χ1n) is 6.64. The predicted octanol–water partition coefficient (Wildman–Crippen LogP) is 1.70. The van der Waals surface area contributed by atoms with Gasteiger partial charge in [-0.05, 0) is 39.5 Å². The lowest BCUT2D eigenvalue weighted by atomic mass is 10.1. The molecule has 18 heavy (non-hydrogen) atoms. The fourth-order valence-corrected chi connectivity index (χ4v) is 2.15. The average molecular weight is 257 g/mol. The summed E-state index contributed by atoms with van der Waals surface area (Å²) in [5.41, 5.74) is 0. The standard InChI is InChI=1S/C13H23NO4/c1-9(3-8-13(16)17)14-12(15)7-6-11-5-4-10(2)18-11/h9-11H,3-8H2,1-2H3,(H,14,15)(H,16,17). The quantitative estimate of drug-likeness (QED) is 0.728. The van der Waals surface area contributed by atoms with Gasteiger partial charge in [-0.1, -0.05) is 0 Å². The third-order valence-electron chi connectivity index (χ3n) is 3.21. The van der Waals surface area contributed by atoms with Crippen LogP contribution in [0.3, 0.4) is 0 Å². The highest BCUT2D eigenvalue weighted by Crippen LogP contribution is 2.22. The number of ether oxygens (including phenoxy) is 1. The molecule has 0 radical (unpaired) electrons. The number of carbonyl (C=O) groups is 2. The molecule has 1 saturated heterocycles. The molecule has 2 N–H and O–H groups in total. The minimum absolute atomic E-state index is 0.0176. The second kappa shape index (κ2) is 7.36. The van der Waals surface area contributed by atoms with Crippen LogP contribution >= 0.6 is 0 Å². The van der Waals surface area contributed by atoms with E-state index in [-0.39, 0.29) is 24.5 Å². The van der Waals surface area contributed by atoms with E-state index in [1.165, 1.54) is 0 Å². The number of hydrogen-bond acceptors (Lipinski definition) is 3. The summed E-state index contributed by atoms with van der Waals surface area (Å²) in [7, 11) is 0. The van der Waals surface area contributed by atoms with Crippen LogP contribution < -0.4 is 5.32 Å². The lowest BCUT2D eigenvalue weighted by Crippen LogP contribution is -2.33. The maximum absolute atomic E-state index is 11.6. The van der Waals surface area contributed by atoms with E-state index in [4.69, 9.17) is 9.84 Å². The molecular weight excluding hydrogens is 234 g/mol. The molecule has 0 spiro atoms. The normalized spacial score (nSPS) is 24.8. The van der Waals surface area contributed by atoms with Crippen LogP contribution in [0, 0.1) is 0 Å². The molecule has 1 amide bonds. The van der Waals surface area contributed by atoms with Crippen LogP contribution in [0.2, 0.25) is 0 Å². The van der Waals surface area contributed by atoms with Gasteiger partial charge in [0.05, 0.1) is 12.2 Å². The van der Waals surface area contributed by atoms with Crippen molar-refractivity contribution in [3.63, 3.8) is 0 Å². The Bertz CT molecular complexity index is 293. The van der Waals surface area contributed by atoms with Crippen molar-refractivity contribution < 1.29 is 19.4 Å². The van der Waals surface area contributed by atoms with E-state index in [1.807, 2.05) is 13.8 Å². The summed E-state index contributed by atoms with van der Waals surface area (Å²) in [6.07, 6.45) is 4.39. The monoisotopic (exact) mass is 257 g/mol. The first kappa shape index (κ1) is 15.0. The zero-order valence-corrected chi connectivity index (χ0v) is 11.1. The summed E-state index contributed by atoms with van der Waals surface area (Å²) in [4.78, 5) is 22.0. The van der Waals surface area contributed by atoms with Crippen LogP contribution in [0.25, 0.3) is 0 Å². The van der Waals surface area contributed by atoms with Crippen LogP contribution in [0.1, 0.15) is 52.4 Å². The number of nitrogens with one attached hydrogen (secondary N) is 1. The van der Waals surface area contributed by atoms with E-state index in [0.717, 1.165) is 19.3 Å². The van der Waals surface area contributed by atoms with E-state index in [1.54, 1.807) is 0 Å². The molecule has 1 rings (SSSR count). The van der Waals surface area contributed by atoms with Gasteiger partial charge in [-0.3, -0.25) is 9.59 Å². The Labute approximate surface area is 108 Å². The highest BCUT2D eigenvalue weighted by Gasteiger charge is 2.22. The number of carboxylic acid groups (broad SMARTS) is 1. The molecule has 1 heterocycles. The third-order valence-corrected chi connectivity index (χ3v) is 3.21. The highest BCUT2D eigenvalue weighted by atomic mass is 16.5. The summed E-state index contributed by atoms with van der Waals surface area (Å²) in [5.74, 6) is -0.847. The second-order valence-electron chi connectivity index (χ2n) is 5.09. The zero-order chi connectivity index (χ0) is 13.5. The van der Waals surface area contributed by atoms with E-state index < -0.39 is 5.97 Å². The molecule has 0 aliphatic carbocycles. The maximum Gasteiger partial charge on any atom is 0.303 e. The van der Waals surface area contributed by atoms with Crippen LogP contribution in [-0.2, 0) is 14.3 Å². The summed E-state index contributed by atoms with van der Waals surface area (Å²) in [6.45, 7) is 3.88. The fraction of sp³-hybridized carbons (Fsp3) is 0.846. The molecule has 5 heteroatoms. The van der Waals surface area contributed by atoms with Crippen molar-refractivity contribution >= 4 is 11.9 Å². The number of carboxylic acids is 1. The van der Waals surface area contributed by atoms with E-state index >= 15 is 0 Å². The molecular formula is C13H23NO4.